The van der Waals surface area contributed by atoms with Crippen LogP contribution in [0.4, 0.5) is 8.78 Å². The third kappa shape index (κ3) is 5.04. The van der Waals surface area contributed by atoms with E-state index in [1.54, 1.807) is 0 Å². The highest BCUT2D eigenvalue weighted by Gasteiger charge is 2.20. The highest BCUT2D eigenvalue weighted by atomic mass is 19.1. The summed E-state index contributed by atoms with van der Waals surface area (Å²) in [4.78, 5) is 2.34. The van der Waals surface area contributed by atoms with Crippen molar-refractivity contribution < 1.29 is 8.78 Å². The third-order valence-corrected chi connectivity index (χ3v) is 4.33. The van der Waals surface area contributed by atoms with Crippen LogP contribution in [0.5, 0.6) is 0 Å². The fourth-order valence-corrected chi connectivity index (χ4v) is 2.97. The van der Waals surface area contributed by atoms with E-state index >= 15 is 0 Å². The zero-order valence-corrected chi connectivity index (χ0v) is 13.0. The lowest BCUT2D eigenvalue weighted by molar-refractivity contribution is 0.199. The quantitative estimate of drug-likeness (QED) is 0.786. The molecule has 0 bridgehead atoms. The molecule has 1 atom stereocenters. The summed E-state index contributed by atoms with van der Waals surface area (Å²) in [5.41, 5.74) is 0.700. The lowest BCUT2D eigenvalue weighted by Gasteiger charge is -2.31. The average Bonchev–Trinajstić information content (AvgIpc) is 2.37. The highest BCUT2D eigenvalue weighted by molar-refractivity contribution is 5.21. The van der Waals surface area contributed by atoms with Crippen molar-refractivity contribution in [3.63, 3.8) is 0 Å². The minimum Gasteiger partial charge on any atom is -0.310 e. The van der Waals surface area contributed by atoms with Crippen LogP contribution in [0.25, 0.3) is 0 Å². The van der Waals surface area contributed by atoms with E-state index in [0.29, 0.717) is 5.56 Å². The van der Waals surface area contributed by atoms with Crippen molar-refractivity contribution in [3.05, 3.63) is 35.4 Å². The molecule has 2 nitrogen and oxygen atoms in total. The zero-order valence-electron chi connectivity index (χ0n) is 13.0. The maximum absolute atomic E-state index is 13.4. The molecule has 0 radical (unpaired) electrons. The fraction of sp³-hybridized carbons (Fsp3) is 0.647. The summed E-state index contributed by atoms with van der Waals surface area (Å²) in [7, 11) is 2.13. The Bertz CT molecular complexity index is 426. The summed E-state index contributed by atoms with van der Waals surface area (Å²) in [6.45, 7) is 4.87. The van der Waals surface area contributed by atoms with Crippen molar-refractivity contribution >= 4 is 0 Å². The minimum atomic E-state index is -0.504. The zero-order chi connectivity index (χ0) is 15.2. The lowest BCUT2D eigenvalue weighted by Crippen LogP contribution is -2.32. The first-order valence-corrected chi connectivity index (χ1v) is 7.96. The van der Waals surface area contributed by atoms with Crippen LogP contribution in [-0.4, -0.2) is 31.6 Å². The lowest BCUT2D eigenvalue weighted by atomic mass is 9.85. The second-order valence-corrected chi connectivity index (χ2v) is 6.16. The van der Waals surface area contributed by atoms with Crippen molar-refractivity contribution in [3.8, 4) is 0 Å². The molecule has 0 heterocycles. The standard InChI is InChI=1S/C17H26F2N2/c1-3-20-17(14-9-15(18)11-16(19)10-14)7-8-21(2)12-13-5-4-6-13/h9-11,13,17,20H,3-8,12H2,1-2H3. The average molecular weight is 296 g/mol. The van der Waals surface area contributed by atoms with E-state index in [-0.39, 0.29) is 6.04 Å². The van der Waals surface area contributed by atoms with Gasteiger partial charge in [0.25, 0.3) is 0 Å². The van der Waals surface area contributed by atoms with Gasteiger partial charge < -0.3 is 10.2 Å². The molecule has 21 heavy (non-hydrogen) atoms. The number of nitrogens with zero attached hydrogens (tertiary/aromatic N) is 1. The summed E-state index contributed by atoms with van der Waals surface area (Å²) >= 11 is 0. The second kappa shape index (κ2) is 7.85. The van der Waals surface area contributed by atoms with Crippen LogP contribution in [0.2, 0.25) is 0 Å². The van der Waals surface area contributed by atoms with Gasteiger partial charge in [-0.1, -0.05) is 13.3 Å². The van der Waals surface area contributed by atoms with Gasteiger partial charge in [-0.2, -0.15) is 0 Å². The molecule has 0 aromatic heterocycles. The molecule has 118 valence electrons. The molecule has 2 rings (SSSR count). The van der Waals surface area contributed by atoms with Gasteiger partial charge in [0.15, 0.2) is 0 Å². The monoisotopic (exact) mass is 296 g/mol. The van der Waals surface area contributed by atoms with Crippen molar-refractivity contribution in [1.29, 1.82) is 0 Å². The molecule has 0 aliphatic heterocycles. The van der Waals surface area contributed by atoms with E-state index in [4.69, 9.17) is 0 Å². The summed E-state index contributed by atoms with van der Waals surface area (Å²) in [5.74, 6) is -0.161. The molecule has 1 unspecified atom stereocenters. The van der Waals surface area contributed by atoms with Crippen molar-refractivity contribution in [1.82, 2.24) is 10.2 Å². The summed E-state index contributed by atoms with van der Waals surface area (Å²) in [5, 5.41) is 3.33. The van der Waals surface area contributed by atoms with Crippen LogP contribution in [0.3, 0.4) is 0 Å². The molecule has 0 amide bonds. The van der Waals surface area contributed by atoms with Crippen LogP contribution in [0.1, 0.15) is 44.2 Å². The van der Waals surface area contributed by atoms with Crippen LogP contribution in [-0.2, 0) is 0 Å². The van der Waals surface area contributed by atoms with E-state index in [1.165, 1.54) is 31.4 Å². The molecule has 0 spiro atoms. The largest absolute Gasteiger partial charge is 0.310 e. The third-order valence-electron chi connectivity index (χ3n) is 4.33. The van der Waals surface area contributed by atoms with E-state index in [1.807, 2.05) is 6.92 Å². The van der Waals surface area contributed by atoms with Crippen molar-refractivity contribution in [2.24, 2.45) is 5.92 Å². The van der Waals surface area contributed by atoms with Gasteiger partial charge in [0.05, 0.1) is 0 Å². The molecule has 0 saturated heterocycles. The number of benzene rings is 1. The van der Waals surface area contributed by atoms with Gasteiger partial charge in [0.1, 0.15) is 11.6 Å². The van der Waals surface area contributed by atoms with Gasteiger partial charge in [0, 0.05) is 18.7 Å². The van der Waals surface area contributed by atoms with Gasteiger partial charge in [0.2, 0.25) is 0 Å². The smallest absolute Gasteiger partial charge is 0.126 e. The molecule has 1 aromatic rings. The fourth-order valence-electron chi connectivity index (χ4n) is 2.97. The Hall–Kier alpha value is -1.00. The van der Waals surface area contributed by atoms with Crippen LogP contribution < -0.4 is 5.32 Å². The Morgan fingerprint density at radius 2 is 1.90 bits per heavy atom. The molecule has 1 aliphatic carbocycles. The highest BCUT2D eigenvalue weighted by Crippen LogP contribution is 2.27. The predicted molar refractivity (Wildman–Crippen MR) is 82.2 cm³/mol. The SMILES string of the molecule is CCNC(CCN(C)CC1CCC1)c1cc(F)cc(F)c1. The van der Waals surface area contributed by atoms with E-state index in [0.717, 1.165) is 38.0 Å². The number of halogens is 2. The number of hydrogen-bond donors (Lipinski definition) is 1. The van der Waals surface area contributed by atoms with Crippen molar-refractivity contribution in [2.45, 2.75) is 38.6 Å². The Labute approximate surface area is 126 Å². The van der Waals surface area contributed by atoms with Gasteiger partial charge in [-0.3, -0.25) is 0 Å². The minimum absolute atomic E-state index is 0.00374. The van der Waals surface area contributed by atoms with Gasteiger partial charge in [-0.05, 0) is 63.0 Å². The molecule has 4 heteroatoms. The van der Waals surface area contributed by atoms with Crippen molar-refractivity contribution in [2.75, 3.05) is 26.7 Å². The molecular weight excluding hydrogens is 270 g/mol. The predicted octanol–water partition coefficient (Wildman–Crippen LogP) is 3.74. The summed E-state index contributed by atoms with van der Waals surface area (Å²) in [6.07, 6.45) is 4.91. The number of nitrogens with one attached hydrogen (secondary N) is 1. The Kier molecular flexibility index (Phi) is 6.12. The summed E-state index contributed by atoms with van der Waals surface area (Å²) < 4.78 is 26.7. The van der Waals surface area contributed by atoms with Crippen LogP contribution in [0, 0.1) is 17.6 Å². The topological polar surface area (TPSA) is 15.3 Å². The van der Waals surface area contributed by atoms with Crippen LogP contribution in [0.15, 0.2) is 18.2 Å². The molecule has 1 fully saturated rings. The van der Waals surface area contributed by atoms with Gasteiger partial charge in [-0.15, -0.1) is 0 Å². The first-order valence-electron chi connectivity index (χ1n) is 7.96. The number of hydrogen-bond acceptors (Lipinski definition) is 2. The maximum Gasteiger partial charge on any atom is 0.126 e. The van der Waals surface area contributed by atoms with Crippen LogP contribution >= 0.6 is 0 Å². The van der Waals surface area contributed by atoms with Gasteiger partial charge >= 0.3 is 0 Å². The molecule has 1 aromatic carbocycles. The van der Waals surface area contributed by atoms with Gasteiger partial charge in [-0.25, -0.2) is 8.78 Å². The normalized spacial score (nSPS) is 17.0. The molecular formula is C17H26F2N2. The van der Waals surface area contributed by atoms with E-state index < -0.39 is 11.6 Å². The summed E-state index contributed by atoms with van der Waals surface area (Å²) in [6, 6.07) is 3.80. The van der Waals surface area contributed by atoms with E-state index in [2.05, 4.69) is 17.3 Å². The Morgan fingerprint density at radius 3 is 2.43 bits per heavy atom. The Balaban J connectivity index is 1.91. The van der Waals surface area contributed by atoms with E-state index in [9.17, 15) is 8.78 Å². The first-order chi connectivity index (χ1) is 10.1. The maximum atomic E-state index is 13.4. The molecule has 1 saturated carbocycles. The second-order valence-electron chi connectivity index (χ2n) is 6.16. The molecule has 1 aliphatic rings. The number of rotatable bonds is 8. The molecule has 1 N–H and O–H groups in total. The first kappa shape index (κ1) is 16.4. The Morgan fingerprint density at radius 1 is 1.24 bits per heavy atom.